The van der Waals surface area contributed by atoms with Gasteiger partial charge in [-0.2, -0.15) is 0 Å². The molecule has 37 heavy (non-hydrogen) atoms. The van der Waals surface area contributed by atoms with Gasteiger partial charge in [-0.15, -0.1) is 0 Å². The van der Waals surface area contributed by atoms with E-state index < -0.39 is 0 Å². The molecule has 0 heterocycles. The summed E-state index contributed by atoms with van der Waals surface area (Å²) in [6, 6.07) is 50.8. The first-order valence-corrected chi connectivity index (χ1v) is 12.9. The summed E-state index contributed by atoms with van der Waals surface area (Å²) in [4.78, 5) is 0. The predicted octanol–water partition coefficient (Wildman–Crippen LogP) is 10.5. The summed E-state index contributed by atoms with van der Waals surface area (Å²) >= 11 is 0. The summed E-state index contributed by atoms with van der Waals surface area (Å²) in [5, 5.41) is 7.72. The van der Waals surface area contributed by atoms with Crippen LogP contribution in [0.3, 0.4) is 0 Å². The van der Waals surface area contributed by atoms with Crippen molar-refractivity contribution in [3.05, 3.63) is 145 Å². The molecule has 0 bridgehead atoms. The maximum Gasteiger partial charge on any atom is -0.00201 e. The lowest BCUT2D eigenvalue weighted by Crippen LogP contribution is -1.92. The van der Waals surface area contributed by atoms with Crippen molar-refractivity contribution in [3.8, 4) is 33.4 Å². The van der Waals surface area contributed by atoms with Crippen LogP contribution >= 0.6 is 0 Å². The molecular formula is C37H26. The third kappa shape index (κ3) is 3.45. The van der Waals surface area contributed by atoms with Crippen molar-refractivity contribution in [2.75, 3.05) is 0 Å². The second-order valence-corrected chi connectivity index (χ2v) is 9.73. The maximum atomic E-state index is 2.29. The monoisotopic (exact) mass is 470 g/mol. The lowest BCUT2D eigenvalue weighted by Gasteiger charge is -2.19. The molecule has 0 radical (unpaired) electrons. The molecule has 0 spiro atoms. The van der Waals surface area contributed by atoms with Crippen molar-refractivity contribution in [1.82, 2.24) is 0 Å². The van der Waals surface area contributed by atoms with Gasteiger partial charge < -0.3 is 0 Å². The number of hydrogen-bond donors (Lipinski definition) is 0. The van der Waals surface area contributed by atoms with Gasteiger partial charge in [0.15, 0.2) is 0 Å². The predicted molar refractivity (Wildman–Crippen MR) is 160 cm³/mol. The molecule has 0 nitrogen and oxygen atoms in total. The standard InChI is InChI=1S/C37H26/c1-25-13-5-6-16-27(25)28-21-11-23-30-29(28)22-12-24-31(30)37-34-19-9-7-17-32(34)36(26-14-3-2-4-15-26)33-18-8-10-20-35(33)37/h2-24H,1H3. The van der Waals surface area contributed by atoms with Gasteiger partial charge in [0.1, 0.15) is 0 Å². The third-order valence-corrected chi connectivity index (χ3v) is 7.62. The van der Waals surface area contributed by atoms with E-state index in [4.69, 9.17) is 0 Å². The molecule has 0 unspecified atom stereocenters. The second kappa shape index (κ2) is 8.76. The number of rotatable bonds is 3. The maximum absolute atomic E-state index is 2.29. The summed E-state index contributed by atoms with van der Waals surface area (Å²) < 4.78 is 0. The van der Waals surface area contributed by atoms with Crippen LogP contribution < -0.4 is 0 Å². The summed E-state index contributed by atoms with van der Waals surface area (Å²) in [5.41, 5.74) is 9.01. The van der Waals surface area contributed by atoms with Gasteiger partial charge in [-0.3, -0.25) is 0 Å². The van der Waals surface area contributed by atoms with Crippen molar-refractivity contribution in [3.63, 3.8) is 0 Å². The molecule has 0 N–H and O–H groups in total. The zero-order valence-corrected chi connectivity index (χ0v) is 20.8. The Morgan fingerprint density at radius 2 is 0.730 bits per heavy atom. The zero-order valence-electron chi connectivity index (χ0n) is 20.8. The van der Waals surface area contributed by atoms with E-state index in [1.54, 1.807) is 0 Å². The number of hydrogen-bond acceptors (Lipinski definition) is 0. The molecule has 0 amide bonds. The van der Waals surface area contributed by atoms with Crippen LogP contribution in [0.2, 0.25) is 0 Å². The Hall–Kier alpha value is -4.68. The minimum atomic E-state index is 1.25. The molecule has 0 heteroatoms. The normalized spacial score (nSPS) is 11.4. The van der Waals surface area contributed by atoms with Gasteiger partial charge in [-0.1, -0.05) is 140 Å². The smallest absolute Gasteiger partial charge is 0.00201 e. The van der Waals surface area contributed by atoms with E-state index >= 15 is 0 Å². The van der Waals surface area contributed by atoms with Crippen LogP contribution in [0.5, 0.6) is 0 Å². The van der Waals surface area contributed by atoms with Gasteiger partial charge in [0.05, 0.1) is 0 Å². The highest BCUT2D eigenvalue weighted by Crippen LogP contribution is 2.46. The van der Waals surface area contributed by atoms with Crippen LogP contribution in [0.4, 0.5) is 0 Å². The molecule has 7 rings (SSSR count). The third-order valence-electron chi connectivity index (χ3n) is 7.62. The first kappa shape index (κ1) is 21.6. The molecule has 0 aliphatic heterocycles. The first-order valence-electron chi connectivity index (χ1n) is 12.9. The SMILES string of the molecule is Cc1ccccc1-c1cccc2c(-c3c4ccccc4c(-c4ccccc4)c4ccccc34)cccc12. The Balaban J connectivity index is 1.62. The van der Waals surface area contributed by atoms with Gasteiger partial charge in [-0.05, 0) is 78.2 Å². The lowest BCUT2D eigenvalue weighted by atomic mass is 9.84. The van der Waals surface area contributed by atoms with Crippen molar-refractivity contribution in [1.29, 1.82) is 0 Å². The molecular weight excluding hydrogens is 444 g/mol. The van der Waals surface area contributed by atoms with Gasteiger partial charge in [0.25, 0.3) is 0 Å². The molecule has 0 aliphatic carbocycles. The van der Waals surface area contributed by atoms with Crippen molar-refractivity contribution in [2.24, 2.45) is 0 Å². The number of aryl methyl sites for hydroxylation is 1. The van der Waals surface area contributed by atoms with Crippen LogP contribution in [-0.2, 0) is 0 Å². The molecule has 0 saturated carbocycles. The fourth-order valence-corrected chi connectivity index (χ4v) is 5.97. The molecule has 0 saturated heterocycles. The van der Waals surface area contributed by atoms with Gasteiger partial charge >= 0.3 is 0 Å². The quantitative estimate of drug-likeness (QED) is 0.225. The van der Waals surface area contributed by atoms with E-state index in [0.717, 1.165) is 0 Å². The summed E-state index contributed by atoms with van der Waals surface area (Å²) in [7, 11) is 0. The summed E-state index contributed by atoms with van der Waals surface area (Å²) in [5.74, 6) is 0. The molecule has 0 fully saturated rings. The van der Waals surface area contributed by atoms with E-state index in [1.165, 1.54) is 71.3 Å². The average Bonchev–Trinajstić information content (AvgIpc) is 2.96. The van der Waals surface area contributed by atoms with E-state index in [1.807, 2.05) is 0 Å². The van der Waals surface area contributed by atoms with Crippen LogP contribution in [0, 0.1) is 6.92 Å². The summed E-state index contributed by atoms with van der Waals surface area (Å²) in [6.45, 7) is 2.20. The molecule has 7 aromatic carbocycles. The number of fused-ring (bicyclic) bond motifs is 3. The fourth-order valence-electron chi connectivity index (χ4n) is 5.97. The van der Waals surface area contributed by atoms with Crippen molar-refractivity contribution >= 4 is 32.3 Å². The molecule has 174 valence electrons. The minimum Gasteiger partial charge on any atom is -0.0622 e. The molecule has 7 aromatic rings. The van der Waals surface area contributed by atoms with Gasteiger partial charge in [-0.25, -0.2) is 0 Å². The largest absolute Gasteiger partial charge is 0.0622 e. The van der Waals surface area contributed by atoms with E-state index in [9.17, 15) is 0 Å². The van der Waals surface area contributed by atoms with Crippen LogP contribution in [0.25, 0.3) is 65.7 Å². The Kier molecular flexibility index (Phi) is 5.11. The van der Waals surface area contributed by atoms with Crippen molar-refractivity contribution < 1.29 is 0 Å². The first-order chi connectivity index (χ1) is 18.3. The summed E-state index contributed by atoms with van der Waals surface area (Å²) in [6.07, 6.45) is 0. The van der Waals surface area contributed by atoms with E-state index in [-0.39, 0.29) is 0 Å². The highest BCUT2D eigenvalue weighted by molar-refractivity contribution is 6.24. The Morgan fingerprint density at radius 1 is 0.297 bits per heavy atom. The Labute approximate surface area is 217 Å². The average molecular weight is 471 g/mol. The number of benzene rings is 7. The molecule has 0 aromatic heterocycles. The Bertz CT molecular complexity index is 1870. The zero-order chi connectivity index (χ0) is 24.8. The lowest BCUT2D eigenvalue weighted by molar-refractivity contribution is 1.47. The fraction of sp³-hybridized carbons (Fsp3) is 0.0270. The van der Waals surface area contributed by atoms with E-state index in [2.05, 4.69) is 146 Å². The second-order valence-electron chi connectivity index (χ2n) is 9.73. The van der Waals surface area contributed by atoms with Crippen LogP contribution in [0.15, 0.2) is 140 Å². The Morgan fingerprint density at radius 3 is 1.35 bits per heavy atom. The van der Waals surface area contributed by atoms with E-state index in [0.29, 0.717) is 0 Å². The van der Waals surface area contributed by atoms with Crippen LogP contribution in [-0.4, -0.2) is 0 Å². The highest BCUT2D eigenvalue weighted by Gasteiger charge is 2.18. The van der Waals surface area contributed by atoms with Gasteiger partial charge in [0, 0.05) is 0 Å². The molecule has 0 aliphatic rings. The molecule has 0 atom stereocenters. The minimum absolute atomic E-state index is 1.25. The van der Waals surface area contributed by atoms with Crippen LogP contribution in [0.1, 0.15) is 5.56 Å². The van der Waals surface area contributed by atoms with Gasteiger partial charge in [0.2, 0.25) is 0 Å². The van der Waals surface area contributed by atoms with Crippen molar-refractivity contribution in [2.45, 2.75) is 6.92 Å². The highest BCUT2D eigenvalue weighted by atomic mass is 14.2. The topological polar surface area (TPSA) is 0 Å².